The maximum Gasteiger partial charge on any atom is 0.0406 e. The molecule has 0 atom stereocenters. The molecule has 0 fully saturated rings. The Balaban J connectivity index is 1.65. The zero-order valence-electron chi connectivity index (χ0n) is 19.2. The Hall–Kier alpha value is -4.13. The molecular formula is C34H23Cl. The molecule has 0 aliphatic heterocycles. The van der Waals surface area contributed by atoms with Crippen molar-refractivity contribution in [3.63, 3.8) is 0 Å². The van der Waals surface area contributed by atoms with E-state index in [-0.39, 0.29) is 0 Å². The van der Waals surface area contributed by atoms with Crippen LogP contribution in [0.5, 0.6) is 0 Å². The molecule has 0 aliphatic rings. The van der Waals surface area contributed by atoms with Gasteiger partial charge in [-0.15, -0.1) is 0 Å². The molecule has 0 bridgehead atoms. The van der Waals surface area contributed by atoms with Crippen molar-refractivity contribution in [1.82, 2.24) is 0 Å². The van der Waals surface area contributed by atoms with Crippen molar-refractivity contribution in [2.75, 3.05) is 0 Å². The Kier molecular flexibility index (Phi) is 5.66. The summed E-state index contributed by atoms with van der Waals surface area (Å²) in [5, 5.41) is 3.22. The number of rotatable bonds is 4. The van der Waals surface area contributed by atoms with Crippen molar-refractivity contribution in [2.24, 2.45) is 0 Å². The highest BCUT2D eigenvalue weighted by Crippen LogP contribution is 2.41. The van der Waals surface area contributed by atoms with Gasteiger partial charge < -0.3 is 0 Å². The Morgan fingerprint density at radius 2 is 0.857 bits per heavy atom. The highest BCUT2D eigenvalue weighted by atomic mass is 35.5. The lowest BCUT2D eigenvalue weighted by molar-refractivity contribution is 1.58. The van der Waals surface area contributed by atoms with E-state index in [0.717, 1.165) is 10.6 Å². The number of hydrogen-bond donors (Lipinski definition) is 0. The van der Waals surface area contributed by atoms with Crippen LogP contribution in [0.3, 0.4) is 0 Å². The van der Waals surface area contributed by atoms with Gasteiger partial charge in [-0.05, 0) is 79.5 Å². The van der Waals surface area contributed by atoms with Crippen molar-refractivity contribution in [2.45, 2.75) is 0 Å². The summed E-state index contributed by atoms with van der Waals surface area (Å²) in [7, 11) is 0. The summed E-state index contributed by atoms with van der Waals surface area (Å²) in [6, 6.07) is 49.3. The van der Waals surface area contributed by atoms with E-state index in [1.807, 2.05) is 12.1 Å². The van der Waals surface area contributed by atoms with E-state index in [1.165, 1.54) is 49.7 Å². The Bertz CT molecular complexity index is 1620. The van der Waals surface area contributed by atoms with E-state index in [4.69, 9.17) is 11.6 Å². The minimum absolute atomic E-state index is 0.747. The molecule has 166 valence electrons. The summed E-state index contributed by atoms with van der Waals surface area (Å²) in [5.74, 6) is 0. The molecule has 0 amide bonds. The molecule has 0 saturated carbocycles. The molecule has 1 heteroatoms. The van der Waals surface area contributed by atoms with E-state index >= 15 is 0 Å². The van der Waals surface area contributed by atoms with Crippen LogP contribution in [0.2, 0.25) is 5.02 Å². The third kappa shape index (κ3) is 4.14. The van der Waals surface area contributed by atoms with Gasteiger partial charge in [0.1, 0.15) is 0 Å². The minimum atomic E-state index is 0.747. The first kappa shape index (κ1) is 21.4. The number of fused-ring (bicyclic) bond motifs is 1. The van der Waals surface area contributed by atoms with E-state index in [9.17, 15) is 0 Å². The van der Waals surface area contributed by atoms with Crippen LogP contribution in [0.4, 0.5) is 0 Å². The SMILES string of the molecule is Clc1ccc(-c2cccc3cc(-c4ccccc4-c4ccccc4)cc(-c4ccccc4)c23)cc1. The fourth-order valence-corrected chi connectivity index (χ4v) is 5.03. The molecule has 0 aromatic heterocycles. The van der Waals surface area contributed by atoms with Crippen molar-refractivity contribution < 1.29 is 0 Å². The van der Waals surface area contributed by atoms with Crippen molar-refractivity contribution in [1.29, 1.82) is 0 Å². The monoisotopic (exact) mass is 466 g/mol. The van der Waals surface area contributed by atoms with E-state index in [1.54, 1.807) is 0 Å². The van der Waals surface area contributed by atoms with Crippen LogP contribution in [-0.2, 0) is 0 Å². The first-order valence-corrected chi connectivity index (χ1v) is 12.2. The lowest BCUT2D eigenvalue weighted by Gasteiger charge is -2.17. The van der Waals surface area contributed by atoms with E-state index in [2.05, 4.69) is 127 Å². The second kappa shape index (κ2) is 9.25. The summed E-state index contributed by atoms with van der Waals surface area (Å²) < 4.78 is 0. The van der Waals surface area contributed by atoms with Crippen LogP contribution in [-0.4, -0.2) is 0 Å². The largest absolute Gasteiger partial charge is 0.0843 e. The highest BCUT2D eigenvalue weighted by Gasteiger charge is 2.15. The number of benzene rings is 6. The molecule has 0 unspecified atom stereocenters. The highest BCUT2D eigenvalue weighted by molar-refractivity contribution is 6.30. The van der Waals surface area contributed by atoms with Crippen LogP contribution in [0.15, 0.2) is 140 Å². The topological polar surface area (TPSA) is 0 Å². The Morgan fingerprint density at radius 3 is 1.51 bits per heavy atom. The van der Waals surface area contributed by atoms with Crippen LogP contribution in [0.1, 0.15) is 0 Å². The predicted octanol–water partition coefficient (Wildman–Crippen LogP) is 10.2. The predicted molar refractivity (Wildman–Crippen MR) is 151 cm³/mol. The van der Waals surface area contributed by atoms with Gasteiger partial charge in [0, 0.05) is 5.02 Å². The quantitative estimate of drug-likeness (QED) is 0.242. The number of halogens is 1. The molecule has 6 aromatic carbocycles. The van der Waals surface area contributed by atoms with Gasteiger partial charge in [-0.25, -0.2) is 0 Å². The molecule has 35 heavy (non-hydrogen) atoms. The van der Waals surface area contributed by atoms with Gasteiger partial charge in [-0.3, -0.25) is 0 Å². The molecule has 0 saturated heterocycles. The standard InChI is InChI=1S/C34H23Cl/c35-29-20-18-26(19-21-29)32-17-9-14-27-22-28(23-33(34(27)32)25-12-5-2-6-13-25)31-16-8-7-15-30(31)24-10-3-1-4-11-24/h1-23H. The van der Waals surface area contributed by atoms with Crippen LogP contribution in [0, 0.1) is 0 Å². The van der Waals surface area contributed by atoms with Crippen molar-refractivity contribution in [3.05, 3.63) is 145 Å². The van der Waals surface area contributed by atoms with Crippen molar-refractivity contribution >= 4 is 22.4 Å². The average molecular weight is 467 g/mol. The molecule has 0 radical (unpaired) electrons. The lowest BCUT2D eigenvalue weighted by Crippen LogP contribution is -1.90. The van der Waals surface area contributed by atoms with E-state index < -0.39 is 0 Å². The Morgan fingerprint density at radius 1 is 0.343 bits per heavy atom. The van der Waals surface area contributed by atoms with E-state index in [0.29, 0.717) is 0 Å². The molecule has 6 rings (SSSR count). The Labute approximate surface area is 211 Å². The third-order valence-electron chi connectivity index (χ3n) is 6.54. The van der Waals surface area contributed by atoms with Crippen molar-refractivity contribution in [3.8, 4) is 44.5 Å². The molecule has 6 aromatic rings. The second-order valence-corrected chi connectivity index (χ2v) is 9.15. The normalized spacial score (nSPS) is 11.0. The zero-order valence-corrected chi connectivity index (χ0v) is 19.9. The van der Waals surface area contributed by atoms with Crippen LogP contribution < -0.4 is 0 Å². The summed E-state index contributed by atoms with van der Waals surface area (Å²) >= 11 is 6.20. The van der Waals surface area contributed by atoms with Gasteiger partial charge in [0.05, 0.1) is 0 Å². The molecule has 0 aliphatic carbocycles. The molecule has 0 nitrogen and oxygen atoms in total. The molecule has 0 spiro atoms. The fourth-order valence-electron chi connectivity index (χ4n) is 4.90. The maximum atomic E-state index is 6.20. The zero-order chi connectivity index (χ0) is 23.6. The molecule has 0 heterocycles. The van der Waals surface area contributed by atoms with Crippen LogP contribution >= 0.6 is 11.6 Å². The first-order chi connectivity index (χ1) is 17.3. The first-order valence-electron chi connectivity index (χ1n) is 11.8. The van der Waals surface area contributed by atoms with Gasteiger partial charge in [0.15, 0.2) is 0 Å². The number of hydrogen-bond acceptors (Lipinski definition) is 0. The summed E-state index contributed by atoms with van der Waals surface area (Å²) in [6.45, 7) is 0. The summed E-state index contributed by atoms with van der Waals surface area (Å²) in [5.41, 5.74) is 9.71. The average Bonchev–Trinajstić information content (AvgIpc) is 2.93. The lowest BCUT2D eigenvalue weighted by atomic mass is 9.87. The fraction of sp³-hybridized carbons (Fsp3) is 0. The van der Waals surface area contributed by atoms with Crippen LogP contribution in [0.25, 0.3) is 55.3 Å². The van der Waals surface area contributed by atoms with Gasteiger partial charge in [0.25, 0.3) is 0 Å². The minimum Gasteiger partial charge on any atom is -0.0843 e. The summed E-state index contributed by atoms with van der Waals surface area (Å²) in [6.07, 6.45) is 0. The van der Waals surface area contributed by atoms with Gasteiger partial charge in [-0.2, -0.15) is 0 Å². The van der Waals surface area contributed by atoms with Gasteiger partial charge >= 0.3 is 0 Å². The smallest absolute Gasteiger partial charge is 0.0406 e. The third-order valence-corrected chi connectivity index (χ3v) is 6.79. The maximum absolute atomic E-state index is 6.20. The molecular weight excluding hydrogens is 444 g/mol. The van der Waals surface area contributed by atoms with Gasteiger partial charge in [-0.1, -0.05) is 127 Å². The second-order valence-electron chi connectivity index (χ2n) is 8.71. The summed E-state index contributed by atoms with van der Waals surface area (Å²) in [4.78, 5) is 0. The van der Waals surface area contributed by atoms with Gasteiger partial charge in [0.2, 0.25) is 0 Å². The molecule has 0 N–H and O–H groups in total.